The molecular formula is C32H48F2N4O6. The number of halogens is 2. The molecule has 4 bridgehead atoms. The number of hydrogen-bond donors (Lipinski definition) is 3. The summed E-state index contributed by atoms with van der Waals surface area (Å²) in [5.74, 6) is 0. The molecule has 1 aromatic carbocycles. The van der Waals surface area contributed by atoms with Crippen LogP contribution in [0.3, 0.4) is 0 Å². The standard InChI is InChI=1S/C20H27FN2O4.C12H21FN2O2/c1-18(2,3)27-16(24)22-20-10-19(11-20,12-21)13-23(14-20)17(25)26-9-15-7-5-4-6-8-15;1-10(2,3)17-9(16)15-12-4-11(5-12,6-13)7-14-8-12/h4-8H,9-14H2,1-3H3,(H,22,24);14H,4-8H2,1-3H3,(H,15,16). The van der Waals surface area contributed by atoms with Crippen molar-refractivity contribution in [2.75, 3.05) is 39.5 Å². The summed E-state index contributed by atoms with van der Waals surface area (Å²) in [6.45, 7) is 12.1. The molecule has 1 aromatic rings. The Balaban J connectivity index is 0.000000223. The van der Waals surface area contributed by atoms with Crippen molar-refractivity contribution < 1.29 is 37.4 Å². The van der Waals surface area contributed by atoms with Gasteiger partial charge in [-0.15, -0.1) is 0 Å². The number of nitrogens with one attached hydrogen (secondary N) is 3. The molecule has 2 aliphatic carbocycles. The van der Waals surface area contributed by atoms with Crippen molar-refractivity contribution in [1.29, 1.82) is 0 Å². The first-order valence-corrected chi connectivity index (χ1v) is 15.2. The number of carbonyl (C=O) groups excluding carboxylic acids is 3. The summed E-state index contributed by atoms with van der Waals surface area (Å²) >= 11 is 0. The van der Waals surface area contributed by atoms with Crippen molar-refractivity contribution in [3.8, 4) is 0 Å². The molecule has 0 spiro atoms. The Hall–Kier alpha value is -3.15. The number of piperidine rings is 4. The van der Waals surface area contributed by atoms with Crippen LogP contribution in [0.2, 0.25) is 0 Å². The van der Waals surface area contributed by atoms with Crippen LogP contribution in [0.4, 0.5) is 23.2 Å². The van der Waals surface area contributed by atoms with Gasteiger partial charge in [-0.3, -0.25) is 8.78 Å². The van der Waals surface area contributed by atoms with Crippen LogP contribution < -0.4 is 16.0 Å². The lowest BCUT2D eigenvalue weighted by molar-refractivity contribution is -0.102. The molecular weight excluding hydrogens is 574 g/mol. The van der Waals surface area contributed by atoms with Gasteiger partial charge in [-0.25, -0.2) is 14.4 Å². The molecule has 7 rings (SSSR count). The number of carbonyl (C=O) groups is 3. The van der Waals surface area contributed by atoms with Gasteiger partial charge in [-0.2, -0.15) is 0 Å². The first-order valence-electron chi connectivity index (χ1n) is 15.2. The van der Waals surface area contributed by atoms with Crippen molar-refractivity contribution in [2.24, 2.45) is 10.8 Å². The van der Waals surface area contributed by atoms with Crippen LogP contribution in [0.5, 0.6) is 0 Å². The maximum Gasteiger partial charge on any atom is 0.410 e. The number of alkyl halides is 2. The molecule has 6 aliphatic rings. The third-order valence-corrected chi connectivity index (χ3v) is 8.40. The van der Waals surface area contributed by atoms with Crippen molar-refractivity contribution in [2.45, 2.75) is 96.1 Å². The smallest absolute Gasteiger partial charge is 0.410 e. The highest BCUT2D eigenvalue weighted by molar-refractivity contribution is 5.71. The number of benzene rings is 1. The minimum atomic E-state index is -0.654. The quantitative estimate of drug-likeness (QED) is 0.371. The summed E-state index contributed by atoms with van der Waals surface area (Å²) in [6, 6.07) is 9.37. The fourth-order valence-electron chi connectivity index (χ4n) is 7.15. The molecule has 4 saturated heterocycles. The molecule has 246 valence electrons. The first-order chi connectivity index (χ1) is 20.4. The number of fused-ring (bicyclic) bond motifs is 4. The molecule has 3 amide bonds. The molecule has 0 unspecified atom stereocenters. The van der Waals surface area contributed by atoms with Crippen LogP contribution in [0.1, 0.15) is 72.8 Å². The monoisotopic (exact) mass is 622 g/mol. The van der Waals surface area contributed by atoms with E-state index in [1.807, 2.05) is 51.1 Å². The second kappa shape index (κ2) is 12.3. The van der Waals surface area contributed by atoms with E-state index >= 15 is 0 Å². The van der Waals surface area contributed by atoms with Gasteiger partial charge >= 0.3 is 18.3 Å². The first kappa shape index (κ1) is 33.7. The summed E-state index contributed by atoms with van der Waals surface area (Å²) in [4.78, 5) is 37.9. The van der Waals surface area contributed by atoms with Gasteiger partial charge in [0.05, 0.1) is 24.4 Å². The second-order valence-electron chi connectivity index (χ2n) is 15.3. The zero-order chi connectivity index (χ0) is 32.4. The van der Waals surface area contributed by atoms with Crippen molar-refractivity contribution >= 4 is 18.3 Å². The SMILES string of the molecule is CC(C)(C)OC(=O)NC12CN(C(=O)OCc3ccccc3)CC(CF)(C1)C2.CC(C)(C)OC(=O)NC12CNCC(CF)(C1)C2. The van der Waals surface area contributed by atoms with Crippen LogP contribution in [-0.4, -0.2) is 85.0 Å². The molecule has 12 heteroatoms. The Labute approximate surface area is 258 Å². The van der Waals surface area contributed by atoms with E-state index in [0.717, 1.165) is 5.56 Å². The highest BCUT2D eigenvalue weighted by atomic mass is 19.1. The van der Waals surface area contributed by atoms with Gasteiger partial charge in [0.2, 0.25) is 0 Å². The van der Waals surface area contributed by atoms with Gasteiger partial charge in [0.25, 0.3) is 0 Å². The van der Waals surface area contributed by atoms with E-state index in [1.54, 1.807) is 20.8 Å². The van der Waals surface area contributed by atoms with E-state index in [-0.39, 0.29) is 24.2 Å². The molecule has 10 nitrogen and oxygen atoms in total. The average molecular weight is 623 g/mol. The number of rotatable bonds is 6. The molecule has 0 atom stereocenters. The number of ether oxygens (including phenoxy) is 3. The zero-order valence-electron chi connectivity index (χ0n) is 26.8. The molecule has 6 fully saturated rings. The predicted molar refractivity (Wildman–Crippen MR) is 161 cm³/mol. The lowest BCUT2D eigenvalue weighted by Crippen LogP contribution is -2.75. The summed E-state index contributed by atoms with van der Waals surface area (Å²) in [6.07, 6.45) is 0.969. The minimum absolute atomic E-state index is 0.158. The van der Waals surface area contributed by atoms with Gasteiger partial charge in [0.15, 0.2) is 0 Å². The highest BCUT2D eigenvalue weighted by Gasteiger charge is 2.62. The minimum Gasteiger partial charge on any atom is -0.445 e. The Morgan fingerprint density at radius 3 is 1.84 bits per heavy atom. The molecule has 0 radical (unpaired) electrons. The van der Waals surface area contributed by atoms with Crippen LogP contribution in [0.25, 0.3) is 0 Å². The third kappa shape index (κ3) is 8.31. The highest BCUT2D eigenvalue weighted by Crippen LogP contribution is 2.54. The Morgan fingerprint density at radius 1 is 0.795 bits per heavy atom. The van der Waals surface area contributed by atoms with E-state index in [4.69, 9.17) is 14.2 Å². The fourth-order valence-corrected chi connectivity index (χ4v) is 7.15. The second-order valence-corrected chi connectivity index (χ2v) is 15.3. The van der Waals surface area contributed by atoms with E-state index in [2.05, 4.69) is 16.0 Å². The predicted octanol–water partition coefficient (Wildman–Crippen LogP) is 5.25. The number of hydrogen-bond acceptors (Lipinski definition) is 7. The number of nitrogens with zero attached hydrogens (tertiary/aromatic N) is 1. The summed E-state index contributed by atoms with van der Waals surface area (Å²) in [5.41, 5.74) is -2.05. The van der Waals surface area contributed by atoms with Gasteiger partial charge in [0, 0.05) is 37.0 Å². The van der Waals surface area contributed by atoms with Crippen molar-refractivity contribution in [3.63, 3.8) is 0 Å². The lowest BCUT2D eigenvalue weighted by Gasteiger charge is -2.62. The Kier molecular flexibility index (Phi) is 9.45. The normalized spacial score (nSPS) is 30.3. The summed E-state index contributed by atoms with van der Waals surface area (Å²) in [5, 5.41) is 8.92. The fraction of sp³-hybridized carbons (Fsp3) is 0.719. The largest absolute Gasteiger partial charge is 0.445 e. The Bertz CT molecular complexity index is 1190. The average Bonchev–Trinajstić information content (AvgIpc) is 2.89. The molecule has 4 heterocycles. The van der Waals surface area contributed by atoms with Gasteiger partial charge < -0.3 is 35.1 Å². The van der Waals surface area contributed by atoms with Crippen molar-refractivity contribution in [3.05, 3.63) is 35.9 Å². The number of alkyl carbamates (subject to hydrolysis) is 2. The van der Waals surface area contributed by atoms with Crippen LogP contribution in [0, 0.1) is 10.8 Å². The third-order valence-electron chi connectivity index (χ3n) is 8.40. The number of amides is 3. The molecule has 4 aliphatic heterocycles. The Morgan fingerprint density at radius 2 is 1.32 bits per heavy atom. The van der Waals surface area contributed by atoms with E-state index in [0.29, 0.717) is 51.9 Å². The molecule has 44 heavy (non-hydrogen) atoms. The van der Waals surface area contributed by atoms with Crippen molar-refractivity contribution in [1.82, 2.24) is 20.9 Å². The molecule has 3 N–H and O–H groups in total. The summed E-state index contributed by atoms with van der Waals surface area (Å²) in [7, 11) is 0. The maximum absolute atomic E-state index is 13.6. The molecule has 2 saturated carbocycles. The lowest BCUT2D eigenvalue weighted by atomic mass is 9.54. The van der Waals surface area contributed by atoms with Crippen LogP contribution in [0.15, 0.2) is 30.3 Å². The van der Waals surface area contributed by atoms with E-state index in [1.165, 1.54) is 4.90 Å². The van der Waals surface area contributed by atoms with E-state index in [9.17, 15) is 23.2 Å². The van der Waals surface area contributed by atoms with Gasteiger partial charge in [0.1, 0.15) is 17.8 Å². The van der Waals surface area contributed by atoms with Crippen LogP contribution in [-0.2, 0) is 20.8 Å². The topological polar surface area (TPSA) is 118 Å². The van der Waals surface area contributed by atoms with Gasteiger partial charge in [-0.05, 0) is 72.8 Å². The molecule has 0 aromatic heterocycles. The van der Waals surface area contributed by atoms with E-state index < -0.39 is 47.1 Å². The maximum atomic E-state index is 13.6. The summed E-state index contributed by atoms with van der Waals surface area (Å²) < 4.78 is 42.5. The van der Waals surface area contributed by atoms with Crippen LogP contribution >= 0.6 is 0 Å². The zero-order valence-corrected chi connectivity index (χ0v) is 26.8. The van der Waals surface area contributed by atoms with Gasteiger partial charge in [-0.1, -0.05) is 30.3 Å².